The lowest BCUT2D eigenvalue weighted by molar-refractivity contribution is -0.123. The van der Waals surface area contributed by atoms with Crippen LogP contribution in [0.25, 0.3) is 6.08 Å². The van der Waals surface area contributed by atoms with E-state index in [0.29, 0.717) is 11.5 Å². The number of rotatable bonds is 7. The SMILES string of the molecule is CC[C@H](C)Oc1ccc(/C=C2/NC(=O)N(Cc3cccc(C)c3)C2=O)cc1OC. The summed E-state index contributed by atoms with van der Waals surface area (Å²) >= 11 is 0. The van der Waals surface area contributed by atoms with Crippen molar-refractivity contribution in [3.05, 3.63) is 64.9 Å². The van der Waals surface area contributed by atoms with E-state index in [4.69, 9.17) is 9.47 Å². The largest absolute Gasteiger partial charge is 0.493 e. The fourth-order valence-corrected chi connectivity index (χ4v) is 3.05. The van der Waals surface area contributed by atoms with Crippen molar-refractivity contribution in [2.24, 2.45) is 0 Å². The van der Waals surface area contributed by atoms with Gasteiger partial charge < -0.3 is 14.8 Å². The molecular formula is C23H26N2O4. The lowest BCUT2D eigenvalue weighted by Crippen LogP contribution is -2.30. The van der Waals surface area contributed by atoms with Gasteiger partial charge in [-0.25, -0.2) is 4.79 Å². The summed E-state index contributed by atoms with van der Waals surface area (Å²) in [4.78, 5) is 26.3. The first-order valence-electron chi connectivity index (χ1n) is 9.66. The molecule has 0 saturated carbocycles. The van der Waals surface area contributed by atoms with Crippen molar-refractivity contribution < 1.29 is 19.1 Å². The highest BCUT2D eigenvalue weighted by atomic mass is 16.5. The summed E-state index contributed by atoms with van der Waals surface area (Å²) in [5, 5.41) is 2.66. The van der Waals surface area contributed by atoms with Crippen molar-refractivity contribution in [1.82, 2.24) is 10.2 Å². The quantitative estimate of drug-likeness (QED) is 0.562. The van der Waals surface area contributed by atoms with E-state index in [1.165, 1.54) is 4.90 Å². The van der Waals surface area contributed by atoms with Gasteiger partial charge in [0.15, 0.2) is 11.5 Å². The van der Waals surface area contributed by atoms with Gasteiger partial charge in [0.1, 0.15) is 5.70 Å². The third-order valence-electron chi connectivity index (χ3n) is 4.79. The highest BCUT2D eigenvalue weighted by molar-refractivity contribution is 6.13. The fraction of sp³-hybridized carbons (Fsp3) is 0.304. The fourth-order valence-electron chi connectivity index (χ4n) is 3.05. The van der Waals surface area contributed by atoms with Crippen LogP contribution < -0.4 is 14.8 Å². The number of aryl methyl sites for hydroxylation is 1. The van der Waals surface area contributed by atoms with Crippen LogP contribution in [-0.4, -0.2) is 30.1 Å². The number of imide groups is 1. The van der Waals surface area contributed by atoms with Gasteiger partial charge in [0.05, 0.1) is 19.8 Å². The normalized spacial score (nSPS) is 16.1. The third kappa shape index (κ3) is 4.77. The lowest BCUT2D eigenvalue weighted by atomic mass is 10.1. The summed E-state index contributed by atoms with van der Waals surface area (Å²) in [5.74, 6) is 0.871. The van der Waals surface area contributed by atoms with Crippen molar-refractivity contribution in [3.8, 4) is 11.5 Å². The van der Waals surface area contributed by atoms with Gasteiger partial charge in [0, 0.05) is 0 Å². The van der Waals surface area contributed by atoms with Crippen molar-refractivity contribution >= 4 is 18.0 Å². The summed E-state index contributed by atoms with van der Waals surface area (Å²) in [6.45, 7) is 6.25. The van der Waals surface area contributed by atoms with Gasteiger partial charge in [-0.1, -0.05) is 42.8 Å². The van der Waals surface area contributed by atoms with Gasteiger partial charge in [-0.05, 0) is 49.6 Å². The monoisotopic (exact) mass is 394 g/mol. The summed E-state index contributed by atoms with van der Waals surface area (Å²) < 4.78 is 11.3. The average Bonchev–Trinajstić information content (AvgIpc) is 2.96. The molecule has 2 aromatic carbocycles. The zero-order valence-corrected chi connectivity index (χ0v) is 17.2. The van der Waals surface area contributed by atoms with Crippen LogP contribution in [0.1, 0.15) is 37.0 Å². The van der Waals surface area contributed by atoms with E-state index in [2.05, 4.69) is 5.32 Å². The Morgan fingerprint density at radius 3 is 2.62 bits per heavy atom. The number of methoxy groups -OCH3 is 1. The summed E-state index contributed by atoms with van der Waals surface area (Å²) in [5.41, 5.74) is 2.96. The molecule has 0 bridgehead atoms. The molecule has 0 aliphatic carbocycles. The molecule has 1 heterocycles. The highest BCUT2D eigenvalue weighted by Crippen LogP contribution is 2.30. The second-order valence-corrected chi connectivity index (χ2v) is 7.12. The minimum Gasteiger partial charge on any atom is -0.493 e. The maximum absolute atomic E-state index is 12.7. The lowest BCUT2D eigenvalue weighted by Gasteiger charge is -2.15. The Hall–Kier alpha value is -3.28. The molecule has 152 valence electrons. The molecule has 1 saturated heterocycles. The molecular weight excluding hydrogens is 368 g/mol. The zero-order valence-electron chi connectivity index (χ0n) is 17.2. The van der Waals surface area contributed by atoms with Crippen LogP contribution in [0.15, 0.2) is 48.2 Å². The molecule has 0 aromatic heterocycles. The molecule has 29 heavy (non-hydrogen) atoms. The molecule has 3 rings (SSSR count). The van der Waals surface area contributed by atoms with Gasteiger partial charge in [-0.15, -0.1) is 0 Å². The van der Waals surface area contributed by atoms with E-state index in [1.54, 1.807) is 19.3 Å². The Labute approximate surface area is 171 Å². The molecule has 6 heteroatoms. The van der Waals surface area contributed by atoms with Gasteiger partial charge >= 0.3 is 6.03 Å². The van der Waals surface area contributed by atoms with Gasteiger partial charge in [0.25, 0.3) is 5.91 Å². The number of ether oxygens (including phenoxy) is 2. The van der Waals surface area contributed by atoms with Crippen LogP contribution in [0.2, 0.25) is 0 Å². The number of hydrogen-bond acceptors (Lipinski definition) is 4. The molecule has 1 aliphatic rings. The number of urea groups is 1. The van der Waals surface area contributed by atoms with Crippen LogP contribution in [0.4, 0.5) is 4.79 Å². The maximum atomic E-state index is 12.7. The first-order chi connectivity index (χ1) is 13.9. The van der Waals surface area contributed by atoms with E-state index in [1.807, 2.05) is 57.2 Å². The van der Waals surface area contributed by atoms with E-state index >= 15 is 0 Å². The van der Waals surface area contributed by atoms with E-state index in [-0.39, 0.29) is 24.3 Å². The summed E-state index contributed by atoms with van der Waals surface area (Å²) in [7, 11) is 1.57. The molecule has 0 unspecified atom stereocenters. The van der Waals surface area contributed by atoms with Crippen LogP contribution in [-0.2, 0) is 11.3 Å². The van der Waals surface area contributed by atoms with Crippen LogP contribution in [0.5, 0.6) is 11.5 Å². The molecule has 0 radical (unpaired) electrons. The van der Waals surface area contributed by atoms with E-state index in [0.717, 1.165) is 23.1 Å². The molecule has 1 N–H and O–H groups in total. The number of nitrogens with zero attached hydrogens (tertiary/aromatic N) is 1. The Bertz CT molecular complexity index is 952. The summed E-state index contributed by atoms with van der Waals surface area (Å²) in [6, 6.07) is 12.7. The van der Waals surface area contributed by atoms with Crippen molar-refractivity contribution in [1.29, 1.82) is 0 Å². The van der Waals surface area contributed by atoms with E-state index in [9.17, 15) is 9.59 Å². The molecule has 0 spiro atoms. The Morgan fingerprint density at radius 1 is 1.14 bits per heavy atom. The Morgan fingerprint density at radius 2 is 1.93 bits per heavy atom. The second-order valence-electron chi connectivity index (χ2n) is 7.12. The number of benzene rings is 2. The predicted octanol–water partition coefficient (Wildman–Crippen LogP) is 4.27. The molecule has 1 aliphatic heterocycles. The minimum absolute atomic E-state index is 0.0685. The average molecular weight is 394 g/mol. The molecule has 6 nitrogen and oxygen atoms in total. The Balaban J connectivity index is 1.80. The van der Waals surface area contributed by atoms with Gasteiger partial charge in [-0.2, -0.15) is 0 Å². The maximum Gasteiger partial charge on any atom is 0.329 e. The standard InChI is InChI=1S/C23H26N2O4/c1-5-16(3)29-20-10-9-17(13-21(20)28-4)12-19-22(26)25(23(27)24-19)14-18-8-6-7-15(2)11-18/h6-13,16H,5,14H2,1-4H3,(H,24,27)/b19-12+/t16-/m0/s1. The molecule has 1 atom stereocenters. The van der Waals surface area contributed by atoms with E-state index < -0.39 is 6.03 Å². The van der Waals surface area contributed by atoms with Gasteiger partial charge in [-0.3, -0.25) is 9.69 Å². The Kier molecular flexibility index (Phi) is 6.22. The topological polar surface area (TPSA) is 67.9 Å². The number of hydrogen-bond donors (Lipinski definition) is 1. The minimum atomic E-state index is -0.425. The smallest absolute Gasteiger partial charge is 0.329 e. The van der Waals surface area contributed by atoms with Crippen LogP contribution >= 0.6 is 0 Å². The first-order valence-corrected chi connectivity index (χ1v) is 9.66. The molecule has 1 fully saturated rings. The van der Waals surface area contributed by atoms with Crippen LogP contribution in [0, 0.1) is 6.92 Å². The third-order valence-corrected chi connectivity index (χ3v) is 4.79. The van der Waals surface area contributed by atoms with Crippen molar-refractivity contribution in [2.75, 3.05) is 7.11 Å². The first kappa shape index (κ1) is 20.5. The second kappa shape index (κ2) is 8.82. The molecule has 3 amide bonds. The zero-order chi connectivity index (χ0) is 21.0. The number of carbonyl (C=O) groups excluding carboxylic acids is 2. The summed E-state index contributed by atoms with van der Waals surface area (Å²) in [6.07, 6.45) is 2.59. The molecule has 2 aromatic rings. The van der Waals surface area contributed by atoms with Gasteiger partial charge in [0.2, 0.25) is 0 Å². The predicted molar refractivity (Wildman–Crippen MR) is 112 cm³/mol. The number of nitrogens with one attached hydrogen (secondary N) is 1. The number of amides is 3. The van der Waals surface area contributed by atoms with Crippen molar-refractivity contribution in [2.45, 2.75) is 39.8 Å². The van der Waals surface area contributed by atoms with Crippen molar-refractivity contribution in [3.63, 3.8) is 0 Å². The highest BCUT2D eigenvalue weighted by Gasteiger charge is 2.33. The number of carbonyl (C=O) groups is 2. The van der Waals surface area contributed by atoms with Crippen LogP contribution in [0.3, 0.4) is 0 Å².